The average molecular weight is 293 g/mol. The van der Waals surface area contributed by atoms with E-state index in [9.17, 15) is 4.79 Å². The van der Waals surface area contributed by atoms with Crippen LogP contribution in [0.25, 0.3) is 0 Å². The maximum absolute atomic E-state index is 11.8. The predicted octanol–water partition coefficient (Wildman–Crippen LogP) is 2.36. The van der Waals surface area contributed by atoms with Crippen LogP contribution in [0.1, 0.15) is 40.5 Å². The summed E-state index contributed by atoms with van der Waals surface area (Å²) < 4.78 is 5.30. The first-order chi connectivity index (χ1) is 9.83. The van der Waals surface area contributed by atoms with E-state index in [2.05, 4.69) is 40.8 Å². The zero-order valence-corrected chi connectivity index (χ0v) is 13.5. The van der Waals surface area contributed by atoms with Gasteiger partial charge in [-0.25, -0.2) is 4.79 Å². The standard InChI is InChI=1S/C16H27N3O2/c1-12-5-6-14(17-11-12)19-9-7-13(8-10-19)18-15(20)21-16(2,3)4/h5-6,11,13-14,17H,7-10H2,1-4H3,(H,18,20). The number of nitrogens with one attached hydrogen (secondary N) is 2. The minimum atomic E-state index is -0.439. The smallest absolute Gasteiger partial charge is 0.407 e. The molecule has 118 valence electrons. The number of carbonyl (C=O) groups is 1. The number of carbonyl (C=O) groups excluding carboxylic acids is 1. The lowest BCUT2D eigenvalue weighted by molar-refractivity contribution is 0.0471. The molecular formula is C16H27N3O2. The van der Waals surface area contributed by atoms with Crippen molar-refractivity contribution in [3.63, 3.8) is 0 Å². The summed E-state index contributed by atoms with van der Waals surface area (Å²) in [6.45, 7) is 9.66. The largest absolute Gasteiger partial charge is 0.444 e. The average Bonchev–Trinajstić information content (AvgIpc) is 2.38. The summed E-state index contributed by atoms with van der Waals surface area (Å²) in [6.07, 6.45) is 8.26. The Balaban J connectivity index is 1.74. The van der Waals surface area contributed by atoms with Crippen molar-refractivity contribution in [2.45, 2.75) is 58.3 Å². The highest BCUT2D eigenvalue weighted by Crippen LogP contribution is 2.16. The molecular weight excluding hydrogens is 266 g/mol. The molecule has 0 aliphatic carbocycles. The Labute approximate surface area is 127 Å². The first kappa shape index (κ1) is 15.9. The Hall–Kier alpha value is -1.49. The number of hydrogen-bond acceptors (Lipinski definition) is 4. The van der Waals surface area contributed by atoms with Gasteiger partial charge in [0.25, 0.3) is 0 Å². The van der Waals surface area contributed by atoms with Gasteiger partial charge in [-0.15, -0.1) is 0 Å². The molecule has 2 aliphatic heterocycles. The SMILES string of the molecule is CC1=CNC(N2CCC(NC(=O)OC(C)(C)C)CC2)C=C1. The Kier molecular flexibility index (Phi) is 4.93. The number of hydrogen-bond donors (Lipinski definition) is 2. The fourth-order valence-electron chi connectivity index (χ4n) is 2.59. The summed E-state index contributed by atoms with van der Waals surface area (Å²) in [6, 6.07) is 0.209. The van der Waals surface area contributed by atoms with Gasteiger partial charge in [0.1, 0.15) is 5.60 Å². The Morgan fingerprint density at radius 3 is 2.57 bits per heavy atom. The molecule has 21 heavy (non-hydrogen) atoms. The van der Waals surface area contributed by atoms with Gasteiger partial charge in [-0.1, -0.05) is 6.08 Å². The number of allylic oxidation sites excluding steroid dienone is 2. The van der Waals surface area contributed by atoms with E-state index in [4.69, 9.17) is 4.74 Å². The van der Waals surface area contributed by atoms with Crippen molar-refractivity contribution in [3.8, 4) is 0 Å². The minimum absolute atomic E-state index is 0.209. The van der Waals surface area contributed by atoms with Gasteiger partial charge in [0, 0.05) is 25.3 Å². The molecule has 1 saturated heterocycles. The lowest BCUT2D eigenvalue weighted by Gasteiger charge is -2.37. The van der Waals surface area contributed by atoms with Crippen LogP contribution in [0.3, 0.4) is 0 Å². The van der Waals surface area contributed by atoms with Gasteiger partial charge in [-0.2, -0.15) is 0 Å². The summed E-state index contributed by atoms with van der Waals surface area (Å²) in [5.41, 5.74) is 0.805. The second-order valence-corrected chi connectivity index (χ2v) is 6.82. The van der Waals surface area contributed by atoms with Crippen molar-refractivity contribution in [1.82, 2.24) is 15.5 Å². The van der Waals surface area contributed by atoms with Crippen molar-refractivity contribution in [2.24, 2.45) is 0 Å². The number of nitrogens with zero attached hydrogens (tertiary/aromatic N) is 1. The number of dihydropyridines is 1. The number of alkyl carbamates (subject to hydrolysis) is 1. The third-order valence-electron chi connectivity index (χ3n) is 3.67. The molecule has 5 heteroatoms. The zero-order valence-electron chi connectivity index (χ0n) is 13.5. The van der Waals surface area contributed by atoms with E-state index in [1.54, 1.807) is 0 Å². The molecule has 0 aromatic rings. The maximum atomic E-state index is 11.8. The molecule has 2 aliphatic rings. The van der Waals surface area contributed by atoms with Crippen LogP contribution < -0.4 is 10.6 Å². The Morgan fingerprint density at radius 2 is 2.05 bits per heavy atom. The lowest BCUT2D eigenvalue weighted by atomic mass is 10.0. The number of amides is 1. The quantitative estimate of drug-likeness (QED) is 0.820. The number of rotatable bonds is 2. The molecule has 1 amide bonds. The van der Waals surface area contributed by atoms with Crippen molar-refractivity contribution in [2.75, 3.05) is 13.1 Å². The Bertz CT molecular complexity index is 429. The first-order valence-electron chi connectivity index (χ1n) is 7.68. The topological polar surface area (TPSA) is 53.6 Å². The van der Waals surface area contributed by atoms with E-state index in [0.29, 0.717) is 0 Å². The molecule has 2 N–H and O–H groups in total. The molecule has 5 nitrogen and oxygen atoms in total. The van der Waals surface area contributed by atoms with Crippen LogP contribution in [0.15, 0.2) is 23.9 Å². The van der Waals surface area contributed by atoms with Crippen molar-refractivity contribution >= 4 is 6.09 Å². The van der Waals surface area contributed by atoms with E-state index in [1.807, 2.05) is 20.8 Å². The third kappa shape index (κ3) is 5.08. The molecule has 0 aromatic heterocycles. The van der Waals surface area contributed by atoms with Crippen LogP contribution in [0, 0.1) is 0 Å². The molecule has 1 fully saturated rings. The molecule has 1 unspecified atom stereocenters. The molecule has 0 spiro atoms. The minimum Gasteiger partial charge on any atom is -0.444 e. The molecule has 0 radical (unpaired) electrons. The van der Waals surface area contributed by atoms with E-state index in [0.717, 1.165) is 25.9 Å². The van der Waals surface area contributed by atoms with Crippen molar-refractivity contribution in [3.05, 3.63) is 23.9 Å². The fourth-order valence-corrected chi connectivity index (χ4v) is 2.59. The van der Waals surface area contributed by atoms with Crippen molar-refractivity contribution in [1.29, 1.82) is 0 Å². The second-order valence-electron chi connectivity index (χ2n) is 6.82. The van der Waals surface area contributed by atoms with E-state index in [-0.39, 0.29) is 18.3 Å². The van der Waals surface area contributed by atoms with Crippen LogP contribution in [0.5, 0.6) is 0 Å². The molecule has 0 aromatic carbocycles. The highest BCUT2D eigenvalue weighted by Gasteiger charge is 2.26. The highest BCUT2D eigenvalue weighted by molar-refractivity contribution is 5.68. The summed E-state index contributed by atoms with van der Waals surface area (Å²) in [5.74, 6) is 0. The van der Waals surface area contributed by atoms with Gasteiger partial charge in [0.05, 0.1) is 6.17 Å². The van der Waals surface area contributed by atoms with Gasteiger partial charge < -0.3 is 15.4 Å². The molecule has 0 saturated carbocycles. The monoisotopic (exact) mass is 293 g/mol. The van der Waals surface area contributed by atoms with Crippen molar-refractivity contribution < 1.29 is 9.53 Å². The van der Waals surface area contributed by atoms with Crippen LogP contribution in [-0.2, 0) is 4.74 Å². The highest BCUT2D eigenvalue weighted by atomic mass is 16.6. The van der Waals surface area contributed by atoms with Gasteiger partial charge in [-0.3, -0.25) is 4.90 Å². The van der Waals surface area contributed by atoms with Crippen LogP contribution in [0.2, 0.25) is 0 Å². The van der Waals surface area contributed by atoms with Gasteiger partial charge in [-0.05, 0) is 52.2 Å². The van der Waals surface area contributed by atoms with E-state index < -0.39 is 5.60 Å². The van der Waals surface area contributed by atoms with Gasteiger partial charge >= 0.3 is 6.09 Å². The van der Waals surface area contributed by atoms with E-state index in [1.165, 1.54) is 5.57 Å². The van der Waals surface area contributed by atoms with Crippen LogP contribution in [-0.4, -0.2) is 41.9 Å². The molecule has 0 bridgehead atoms. The Morgan fingerprint density at radius 1 is 1.38 bits per heavy atom. The summed E-state index contributed by atoms with van der Waals surface area (Å²) >= 11 is 0. The number of piperidine rings is 1. The third-order valence-corrected chi connectivity index (χ3v) is 3.67. The number of ether oxygens (including phenoxy) is 1. The molecule has 2 heterocycles. The summed E-state index contributed by atoms with van der Waals surface area (Å²) in [5, 5.41) is 6.36. The van der Waals surface area contributed by atoms with Crippen LogP contribution >= 0.6 is 0 Å². The number of likely N-dealkylation sites (tertiary alicyclic amines) is 1. The van der Waals surface area contributed by atoms with Gasteiger partial charge in [0.15, 0.2) is 0 Å². The van der Waals surface area contributed by atoms with E-state index >= 15 is 0 Å². The first-order valence-corrected chi connectivity index (χ1v) is 7.68. The summed E-state index contributed by atoms with van der Waals surface area (Å²) in [7, 11) is 0. The summed E-state index contributed by atoms with van der Waals surface area (Å²) in [4.78, 5) is 14.2. The predicted molar refractivity (Wildman–Crippen MR) is 83.8 cm³/mol. The fraction of sp³-hybridized carbons (Fsp3) is 0.688. The molecule has 2 rings (SSSR count). The van der Waals surface area contributed by atoms with Crippen LogP contribution in [0.4, 0.5) is 4.79 Å². The lowest BCUT2D eigenvalue weighted by Crippen LogP contribution is -2.51. The van der Waals surface area contributed by atoms with Gasteiger partial charge in [0.2, 0.25) is 0 Å². The normalized spacial score (nSPS) is 24.2. The zero-order chi connectivity index (χ0) is 15.5. The molecule has 1 atom stereocenters. The maximum Gasteiger partial charge on any atom is 0.407 e. The second kappa shape index (κ2) is 6.52.